The number of H-pyrrole nitrogens is 1. The zero-order valence-electron chi connectivity index (χ0n) is 24.5. The Balaban J connectivity index is 1.59. The lowest BCUT2D eigenvalue weighted by atomic mass is 9.97. The number of alkyl carbamates (subject to hydrolysis) is 2. The van der Waals surface area contributed by atoms with Crippen LogP contribution in [0.15, 0.2) is 42.5 Å². The second-order valence-corrected chi connectivity index (χ2v) is 12.3. The third-order valence-electron chi connectivity index (χ3n) is 6.50. The zero-order chi connectivity index (χ0) is 29.9. The summed E-state index contributed by atoms with van der Waals surface area (Å²) in [4.78, 5) is 43.5. The quantitative estimate of drug-likeness (QED) is 0.298. The lowest BCUT2D eigenvalue weighted by molar-refractivity contribution is 0.0465. The summed E-state index contributed by atoms with van der Waals surface area (Å²) in [5.41, 5.74) is 1.55. The minimum Gasteiger partial charge on any atom is -0.444 e. The van der Waals surface area contributed by atoms with Crippen LogP contribution in [0.5, 0.6) is 0 Å². The molecule has 1 aromatic heterocycles. The number of carbonyl (C=O) groups is 3. The molecule has 0 spiro atoms. The van der Waals surface area contributed by atoms with Crippen LogP contribution in [0.1, 0.15) is 70.4 Å². The van der Waals surface area contributed by atoms with Gasteiger partial charge in [0.25, 0.3) is 5.91 Å². The van der Waals surface area contributed by atoms with Crippen LogP contribution in [0, 0.1) is 5.82 Å². The van der Waals surface area contributed by atoms with Crippen LogP contribution in [0.25, 0.3) is 22.0 Å². The summed E-state index contributed by atoms with van der Waals surface area (Å²) < 4.78 is 26.0. The van der Waals surface area contributed by atoms with Gasteiger partial charge in [0.05, 0.1) is 0 Å². The molecule has 1 aliphatic rings. The normalized spacial score (nSPS) is 14.1. The molecule has 3 N–H and O–H groups in total. The highest BCUT2D eigenvalue weighted by molar-refractivity contribution is 6.11. The van der Waals surface area contributed by atoms with Crippen molar-refractivity contribution in [2.24, 2.45) is 0 Å². The van der Waals surface area contributed by atoms with Gasteiger partial charge in [-0.2, -0.15) is 0 Å². The van der Waals surface area contributed by atoms with E-state index in [2.05, 4.69) is 15.6 Å². The molecule has 2 heterocycles. The maximum atomic E-state index is 15.2. The molecule has 1 aliphatic heterocycles. The molecule has 0 aliphatic carbocycles. The van der Waals surface area contributed by atoms with Crippen LogP contribution in [0.4, 0.5) is 14.0 Å². The molecule has 0 saturated heterocycles. The van der Waals surface area contributed by atoms with Crippen LogP contribution in [-0.4, -0.2) is 58.3 Å². The van der Waals surface area contributed by atoms with Gasteiger partial charge < -0.3 is 30.0 Å². The van der Waals surface area contributed by atoms with Gasteiger partial charge in [0, 0.05) is 47.7 Å². The van der Waals surface area contributed by atoms with Crippen molar-refractivity contribution in [2.75, 3.05) is 13.1 Å². The Bertz CT molecular complexity index is 1440. The van der Waals surface area contributed by atoms with E-state index in [0.717, 1.165) is 10.9 Å². The van der Waals surface area contributed by atoms with Crippen LogP contribution < -0.4 is 10.6 Å². The topological polar surface area (TPSA) is 113 Å². The molecule has 3 amide bonds. The van der Waals surface area contributed by atoms with E-state index in [1.165, 1.54) is 6.07 Å². The number of hydrogen-bond donors (Lipinski definition) is 3. The Morgan fingerprint density at radius 2 is 1.68 bits per heavy atom. The first-order chi connectivity index (χ1) is 19.2. The van der Waals surface area contributed by atoms with Crippen LogP contribution in [-0.2, 0) is 16.0 Å². The Morgan fingerprint density at radius 1 is 1.00 bits per heavy atom. The fraction of sp³-hybridized carbons (Fsp3) is 0.452. The average molecular weight is 567 g/mol. The standard InChI is InChI=1S/C31H39FN4O5/c1-30(2,3)40-28(38)33-16-10-11-19(34-29(39)41-31(4,5)6)17-36-18-22-20(13-9-14-23(22)32)25-21-12-7-8-15-24(21)35-26(25)27(36)37/h7-9,12-15,19,35H,10-11,16-18H2,1-6H3,(H,33,38)(H,34,39)/t19-/m0/s1. The largest absolute Gasteiger partial charge is 0.444 e. The van der Waals surface area contributed by atoms with E-state index < -0.39 is 35.2 Å². The van der Waals surface area contributed by atoms with Gasteiger partial charge >= 0.3 is 12.2 Å². The summed E-state index contributed by atoms with van der Waals surface area (Å²) in [7, 11) is 0. The monoisotopic (exact) mass is 566 g/mol. The summed E-state index contributed by atoms with van der Waals surface area (Å²) in [5.74, 6) is -0.702. The van der Waals surface area contributed by atoms with Gasteiger partial charge in [-0.25, -0.2) is 14.0 Å². The number of amides is 3. The fourth-order valence-electron chi connectivity index (χ4n) is 4.91. The number of aromatic nitrogens is 1. The predicted molar refractivity (Wildman–Crippen MR) is 155 cm³/mol. The second kappa shape index (κ2) is 11.8. The number of para-hydroxylation sites is 1. The minimum atomic E-state index is -0.716. The molecule has 220 valence electrons. The number of halogens is 1. The molecule has 1 atom stereocenters. The van der Waals surface area contributed by atoms with E-state index in [4.69, 9.17) is 9.47 Å². The smallest absolute Gasteiger partial charge is 0.407 e. The molecule has 0 fully saturated rings. The summed E-state index contributed by atoms with van der Waals surface area (Å²) in [6, 6.07) is 11.9. The van der Waals surface area contributed by atoms with Crippen molar-refractivity contribution in [1.82, 2.24) is 20.5 Å². The minimum absolute atomic E-state index is 0.0281. The highest BCUT2D eigenvalue weighted by atomic mass is 19.1. The third-order valence-corrected chi connectivity index (χ3v) is 6.50. The predicted octanol–water partition coefficient (Wildman–Crippen LogP) is 6.13. The molecule has 10 heteroatoms. The molecule has 0 radical (unpaired) electrons. The van der Waals surface area contributed by atoms with E-state index in [9.17, 15) is 14.4 Å². The van der Waals surface area contributed by atoms with Crippen LogP contribution in [0.3, 0.4) is 0 Å². The highest BCUT2D eigenvalue weighted by Crippen LogP contribution is 2.39. The molecule has 0 saturated carbocycles. The lowest BCUT2D eigenvalue weighted by Crippen LogP contribution is -2.47. The average Bonchev–Trinajstić information content (AvgIpc) is 3.19. The summed E-state index contributed by atoms with van der Waals surface area (Å²) in [6.07, 6.45) is -0.245. The summed E-state index contributed by atoms with van der Waals surface area (Å²) in [6.45, 7) is 11.1. The van der Waals surface area contributed by atoms with Crippen molar-refractivity contribution in [3.8, 4) is 11.1 Å². The van der Waals surface area contributed by atoms with E-state index >= 15 is 4.39 Å². The van der Waals surface area contributed by atoms with Gasteiger partial charge in [0.2, 0.25) is 0 Å². The number of carbonyl (C=O) groups excluding carboxylic acids is 3. The van der Waals surface area contributed by atoms with Crippen molar-refractivity contribution in [1.29, 1.82) is 0 Å². The lowest BCUT2D eigenvalue weighted by Gasteiger charge is -2.29. The molecule has 3 aromatic rings. The molecular weight excluding hydrogens is 527 g/mol. The first-order valence-corrected chi connectivity index (χ1v) is 13.9. The SMILES string of the molecule is CC(C)(C)OC(=O)NCCC[C@@H](CN1Cc2c(F)cccc2-c2c([nH]c3ccccc23)C1=O)NC(=O)OC(C)(C)C. The van der Waals surface area contributed by atoms with E-state index in [1.807, 2.05) is 30.3 Å². The molecule has 41 heavy (non-hydrogen) atoms. The number of nitrogens with zero attached hydrogens (tertiary/aromatic N) is 1. The molecule has 2 aromatic carbocycles. The molecule has 9 nitrogen and oxygen atoms in total. The van der Waals surface area contributed by atoms with Crippen LogP contribution in [0.2, 0.25) is 0 Å². The van der Waals surface area contributed by atoms with Crippen molar-refractivity contribution in [2.45, 2.75) is 78.2 Å². The van der Waals surface area contributed by atoms with Gasteiger partial charge in [-0.05, 0) is 72.1 Å². The second-order valence-electron chi connectivity index (χ2n) is 12.3. The fourth-order valence-corrected chi connectivity index (χ4v) is 4.91. The number of aromatic amines is 1. The number of rotatable bonds is 7. The first-order valence-electron chi connectivity index (χ1n) is 13.9. The first kappa shape index (κ1) is 29.9. The number of fused-ring (bicyclic) bond motifs is 5. The van der Waals surface area contributed by atoms with E-state index in [-0.39, 0.29) is 19.0 Å². The number of nitrogens with one attached hydrogen (secondary N) is 3. The molecule has 0 unspecified atom stereocenters. The van der Waals surface area contributed by atoms with Crippen LogP contribution >= 0.6 is 0 Å². The number of hydrogen-bond acceptors (Lipinski definition) is 5. The Morgan fingerprint density at radius 3 is 2.39 bits per heavy atom. The maximum Gasteiger partial charge on any atom is 0.407 e. The van der Waals surface area contributed by atoms with Gasteiger partial charge in [-0.15, -0.1) is 0 Å². The van der Waals surface area contributed by atoms with Gasteiger partial charge in [0.1, 0.15) is 22.7 Å². The Hall–Kier alpha value is -4.08. The van der Waals surface area contributed by atoms with Gasteiger partial charge in [-0.3, -0.25) is 4.79 Å². The summed E-state index contributed by atoms with van der Waals surface area (Å²) >= 11 is 0. The number of ether oxygens (including phenoxy) is 2. The molecular formula is C31H39FN4O5. The third kappa shape index (κ3) is 7.56. The van der Waals surface area contributed by atoms with Gasteiger partial charge in [-0.1, -0.05) is 30.3 Å². The van der Waals surface area contributed by atoms with Crippen molar-refractivity contribution in [3.05, 3.63) is 59.5 Å². The van der Waals surface area contributed by atoms with Gasteiger partial charge in [0.15, 0.2) is 0 Å². The Kier molecular flexibility index (Phi) is 8.60. The number of benzene rings is 2. The van der Waals surface area contributed by atoms with E-state index in [1.54, 1.807) is 52.5 Å². The highest BCUT2D eigenvalue weighted by Gasteiger charge is 2.32. The van der Waals surface area contributed by atoms with E-state index in [0.29, 0.717) is 41.8 Å². The van der Waals surface area contributed by atoms with Crippen molar-refractivity contribution >= 4 is 29.0 Å². The maximum absolute atomic E-state index is 15.2. The summed E-state index contributed by atoms with van der Waals surface area (Å²) in [5, 5.41) is 6.43. The molecule has 0 bridgehead atoms. The molecule has 4 rings (SSSR count). The van der Waals surface area contributed by atoms with Crippen molar-refractivity contribution < 1.29 is 28.2 Å². The zero-order valence-corrected chi connectivity index (χ0v) is 24.5. The Labute approximate surface area is 239 Å². The van der Waals surface area contributed by atoms with Crippen molar-refractivity contribution in [3.63, 3.8) is 0 Å².